The number of ether oxygens (including phenoxy) is 2. The minimum absolute atomic E-state index is 0.000101. The minimum Gasteiger partial charge on any atom is -0.482 e. The Morgan fingerprint density at radius 2 is 1.38 bits per heavy atom. The average molecular weight is 443 g/mol. The highest BCUT2D eigenvalue weighted by molar-refractivity contribution is 7.68. The van der Waals surface area contributed by atoms with Crippen LogP contribution < -0.4 is 10.0 Å². The summed E-state index contributed by atoms with van der Waals surface area (Å²) in [4.78, 5) is 0. The molecule has 0 aromatic heterocycles. The molecule has 0 N–H and O–H groups in total. The summed E-state index contributed by atoms with van der Waals surface area (Å²) < 4.78 is 12.6. The molecule has 164 valence electrons. The SMILES string of the molecule is COC(C)(C)[C@H]1Oc2cccc(-c3c4ccccc4cc4ccccc34)c2P1C(C)(C)C. The van der Waals surface area contributed by atoms with Crippen LogP contribution in [-0.4, -0.2) is 23.7 Å². The van der Waals surface area contributed by atoms with Crippen molar-refractivity contribution in [2.45, 2.75) is 51.2 Å². The second-order valence-electron chi connectivity index (χ2n) is 10.2. The zero-order chi connectivity index (χ0) is 22.7. The Kier molecular flexibility index (Phi) is 5.08. The third-order valence-electron chi connectivity index (χ3n) is 6.60. The van der Waals surface area contributed by atoms with Gasteiger partial charge in [-0.2, -0.15) is 0 Å². The van der Waals surface area contributed by atoms with E-state index in [2.05, 4.69) is 107 Å². The molecule has 4 aromatic carbocycles. The predicted molar refractivity (Wildman–Crippen MR) is 139 cm³/mol. The molecule has 0 amide bonds. The number of methoxy groups -OCH3 is 1. The summed E-state index contributed by atoms with van der Waals surface area (Å²) in [6.45, 7) is 11.3. The first-order valence-corrected chi connectivity index (χ1v) is 12.7. The van der Waals surface area contributed by atoms with Crippen LogP contribution in [0.5, 0.6) is 5.75 Å². The molecule has 1 aliphatic rings. The third kappa shape index (κ3) is 3.33. The van der Waals surface area contributed by atoms with Gasteiger partial charge >= 0.3 is 0 Å². The number of benzene rings is 4. The lowest BCUT2D eigenvalue weighted by Crippen LogP contribution is -2.42. The van der Waals surface area contributed by atoms with Gasteiger partial charge in [0.25, 0.3) is 0 Å². The normalized spacial score (nSPS) is 18.7. The number of hydrogen-bond donors (Lipinski definition) is 0. The highest BCUT2D eigenvalue weighted by atomic mass is 31.1. The summed E-state index contributed by atoms with van der Waals surface area (Å²) in [6.07, 6.45) is 0. The van der Waals surface area contributed by atoms with Crippen LogP contribution in [-0.2, 0) is 4.74 Å². The van der Waals surface area contributed by atoms with Gasteiger partial charge in [0.15, 0.2) is 0 Å². The summed E-state index contributed by atoms with van der Waals surface area (Å²) in [5.41, 5.74) is 2.23. The lowest BCUT2D eigenvalue weighted by atomic mass is 9.92. The number of hydrogen-bond acceptors (Lipinski definition) is 2. The van der Waals surface area contributed by atoms with Gasteiger partial charge in [0.1, 0.15) is 17.2 Å². The molecular formula is C29H31O2P. The zero-order valence-corrected chi connectivity index (χ0v) is 20.7. The maximum Gasteiger partial charge on any atom is 0.150 e. The lowest BCUT2D eigenvalue weighted by Gasteiger charge is -2.39. The van der Waals surface area contributed by atoms with Crippen molar-refractivity contribution in [3.63, 3.8) is 0 Å². The van der Waals surface area contributed by atoms with Gasteiger partial charge < -0.3 is 9.47 Å². The minimum atomic E-state index is -0.662. The van der Waals surface area contributed by atoms with Crippen molar-refractivity contribution in [3.05, 3.63) is 72.8 Å². The van der Waals surface area contributed by atoms with Gasteiger partial charge in [0, 0.05) is 12.4 Å². The topological polar surface area (TPSA) is 18.5 Å². The van der Waals surface area contributed by atoms with Gasteiger partial charge in [-0.05, 0) is 71.7 Å². The van der Waals surface area contributed by atoms with Crippen molar-refractivity contribution >= 4 is 34.8 Å². The molecule has 1 unspecified atom stereocenters. The van der Waals surface area contributed by atoms with E-state index >= 15 is 0 Å². The molecule has 1 aliphatic heterocycles. The Morgan fingerprint density at radius 3 is 1.94 bits per heavy atom. The quantitative estimate of drug-likeness (QED) is 0.239. The van der Waals surface area contributed by atoms with Crippen LogP contribution in [0.4, 0.5) is 0 Å². The van der Waals surface area contributed by atoms with Crippen LogP contribution >= 0.6 is 7.92 Å². The maximum atomic E-state index is 6.69. The van der Waals surface area contributed by atoms with E-state index in [9.17, 15) is 0 Å². The fourth-order valence-corrected chi connectivity index (χ4v) is 8.27. The number of rotatable bonds is 3. The second kappa shape index (κ2) is 7.58. The van der Waals surface area contributed by atoms with Gasteiger partial charge in [0.05, 0.1) is 0 Å². The average Bonchev–Trinajstić information content (AvgIpc) is 3.19. The molecule has 3 heteroatoms. The fourth-order valence-electron chi connectivity index (χ4n) is 4.90. The monoisotopic (exact) mass is 442 g/mol. The predicted octanol–water partition coefficient (Wildman–Crippen LogP) is 7.71. The van der Waals surface area contributed by atoms with Gasteiger partial charge in [-0.25, -0.2) is 0 Å². The molecule has 0 radical (unpaired) electrons. The van der Waals surface area contributed by atoms with E-state index in [0.29, 0.717) is 0 Å². The first-order valence-electron chi connectivity index (χ1n) is 11.3. The van der Waals surface area contributed by atoms with Crippen LogP contribution in [0.25, 0.3) is 32.7 Å². The second-order valence-corrected chi connectivity index (χ2v) is 13.2. The first-order chi connectivity index (χ1) is 15.2. The summed E-state index contributed by atoms with van der Waals surface area (Å²) in [6, 6.07) is 26.3. The standard InChI is InChI=1S/C29H31O2P/c1-28(2,3)32-26-23(16-11-17-24(26)31-27(32)29(4,5)30-6)25-21-14-9-7-12-19(21)18-20-13-8-10-15-22(20)25/h7-18,27H,1-6H3/t27-,32?/m0/s1. The Morgan fingerprint density at radius 1 is 0.781 bits per heavy atom. The first kappa shape index (κ1) is 21.4. The van der Waals surface area contributed by atoms with Crippen LogP contribution in [0, 0.1) is 0 Å². The molecule has 2 atom stereocenters. The van der Waals surface area contributed by atoms with E-state index < -0.39 is 7.92 Å². The highest BCUT2D eigenvalue weighted by Gasteiger charge is 2.50. The van der Waals surface area contributed by atoms with Crippen molar-refractivity contribution in [2.75, 3.05) is 7.11 Å². The summed E-state index contributed by atoms with van der Waals surface area (Å²) in [7, 11) is 1.13. The van der Waals surface area contributed by atoms with Gasteiger partial charge in [-0.15, -0.1) is 0 Å². The maximum absolute atomic E-state index is 6.69. The van der Waals surface area contributed by atoms with Crippen LogP contribution in [0.2, 0.25) is 0 Å². The van der Waals surface area contributed by atoms with Crippen LogP contribution in [0.1, 0.15) is 34.6 Å². The molecule has 0 bridgehead atoms. The third-order valence-corrected chi connectivity index (χ3v) is 10.2. The molecule has 4 aromatic rings. The summed E-state index contributed by atoms with van der Waals surface area (Å²) >= 11 is 0. The molecule has 0 spiro atoms. The molecule has 32 heavy (non-hydrogen) atoms. The van der Waals surface area contributed by atoms with E-state index in [4.69, 9.17) is 9.47 Å². The molecule has 2 nitrogen and oxygen atoms in total. The van der Waals surface area contributed by atoms with Crippen molar-refractivity contribution in [3.8, 4) is 16.9 Å². The van der Waals surface area contributed by atoms with E-state index in [0.717, 1.165) is 5.75 Å². The molecular weight excluding hydrogens is 411 g/mol. The molecule has 0 saturated carbocycles. The molecule has 0 aliphatic carbocycles. The molecule has 0 saturated heterocycles. The largest absolute Gasteiger partial charge is 0.482 e. The van der Waals surface area contributed by atoms with Gasteiger partial charge in [0.2, 0.25) is 0 Å². The van der Waals surface area contributed by atoms with Gasteiger partial charge in [-0.3, -0.25) is 0 Å². The van der Waals surface area contributed by atoms with Crippen molar-refractivity contribution < 1.29 is 9.47 Å². The van der Waals surface area contributed by atoms with Crippen LogP contribution in [0.15, 0.2) is 72.8 Å². The van der Waals surface area contributed by atoms with E-state index in [1.807, 2.05) is 0 Å². The van der Waals surface area contributed by atoms with Crippen molar-refractivity contribution in [2.24, 2.45) is 0 Å². The Balaban J connectivity index is 1.87. The van der Waals surface area contributed by atoms with Crippen molar-refractivity contribution in [1.82, 2.24) is 0 Å². The van der Waals surface area contributed by atoms with E-state index in [-0.39, 0.29) is 16.6 Å². The molecule has 1 heterocycles. The van der Waals surface area contributed by atoms with Crippen molar-refractivity contribution in [1.29, 1.82) is 0 Å². The zero-order valence-electron chi connectivity index (χ0n) is 19.8. The Labute approximate surface area is 192 Å². The van der Waals surface area contributed by atoms with Crippen LogP contribution in [0.3, 0.4) is 0 Å². The number of fused-ring (bicyclic) bond motifs is 3. The summed E-state index contributed by atoms with van der Waals surface area (Å²) in [5, 5.41) is 6.55. The summed E-state index contributed by atoms with van der Waals surface area (Å²) in [5.74, 6) is 1.01. The lowest BCUT2D eigenvalue weighted by molar-refractivity contribution is -0.0296. The van der Waals surface area contributed by atoms with E-state index in [1.165, 1.54) is 38.0 Å². The fraction of sp³-hybridized carbons (Fsp3) is 0.310. The smallest absolute Gasteiger partial charge is 0.150 e. The Hall–Kier alpha value is -2.41. The van der Waals surface area contributed by atoms with E-state index in [1.54, 1.807) is 7.11 Å². The van der Waals surface area contributed by atoms with Gasteiger partial charge in [-0.1, -0.05) is 81.4 Å². The molecule has 0 fully saturated rings. The highest BCUT2D eigenvalue weighted by Crippen LogP contribution is 2.63. The molecule has 5 rings (SSSR count). The Bertz CT molecular complexity index is 1260.